The number of benzene rings is 5. The highest BCUT2D eigenvalue weighted by molar-refractivity contribution is 7.80. The Hall–Kier alpha value is -3.96. The summed E-state index contributed by atoms with van der Waals surface area (Å²) in [4.78, 5) is 0. The maximum atomic E-state index is 6.80. The van der Waals surface area contributed by atoms with Crippen LogP contribution in [0.25, 0.3) is 5.57 Å². The molecule has 4 heteroatoms. The minimum Gasteiger partial charge on any atom is -0.493 e. The van der Waals surface area contributed by atoms with Crippen LogP contribution in [0.1, 0.15) is 37.7 Å². The maximum Gasteiger partial charge on any atom is 0.127 e. The summed E-state index contributed by atoms with van der Waals surface area (Å²) in [6, 6.07) is 50.9. The molecule has 2 aliphatic rings. The first kappa shape index (κ1) is 29.7. The van der Waals surface area contributed by atoms with Gasteiger partial charge in [0.1, 0.15) is 11.5 Å². The largest absolute Gasteiger partial charge is 0.493 e. The standard InChI is InChI=1S/C41H38O2P2/c1-6-18-32(19-7-1)44(33-20-8-2-9-21-33)38-28-16-26-36-40(38)41-37(43-31-15-5-14-30-42-36)27-17-29-39(41)45(34-22-10-3-11-23-34)35-24-12-4-13-25-35/h1-4,6-13,16,18-28H,5,14-15,17,29-31H2. The van der Waals surface area contributed by atoms with E-state index in [1.165, 1.54) is 43.0 Å². The van der Waals surface area contributed by atoms with E-state index in [2.05, 4.69) is 146 Å². The fourth-order valence-corrected chi connectivity index (χ4v) is 11.5. The molecule has 0 fully saturated rings. The summed E-state index contributed by atoms with van der Waals surface area (Å²) in [6.07, 6.45) is 7.44. The summed E-state index contributed by atoms with van der Waals surface area (Å²) >= 11 is 0. The number of hydrogen-bond acceptors (Lipinski definition) is 2. The highest BCUT2D eigenvalue weighted by atomic mass is 31.1. The van der Waals surface area contributed by atoms with Gasteiger partial charge in [-0.15, -0.1) is 0 Å². The van der Waals surface area contributed by atoms with Gasteiger partial charge in [-0.2, -0.15) is 0 Å². The molecule has 45 heavy (non-hydrogen) atoms. The van der Waals surface area contributed by atoms with E-state index in [4.69, 9.17) is 9.47 Å². The van der Waals surface area contributed by atoms with Crippen LogP contribution in [-0.4, -0.2) is 13.2 Å². The number of ether oxygens (including phenoxy) is 2. The third-order valence-electron chi connectivity index (χ3n) is 8.37. The van der Waals surface area contributed by atoms with Crippen molar-refractivity contribution in [1.29, 1.82) is 0 Å². The van der Waals surface area contributed by atoms with E-state index in [0.29, 0.717) is 6.61 Å². The predicted octanol–water partition coefficient (Wildman–Crippen LogP) is 8.55. The molecule has 1 heterocycles. The van der Waals surface area contributed by atoms with Crippen LogP contribution in [0.2, 0.25) is 0 Å². The Kier molecular flexibility index (Phi) is 9.53. The monoisotopic (exact) mass is 624 g/mol. The molecule has 0 radical (unpaired) electrons. The second-order valence-corrected chi connectivity index (χ2v) is 15.8. The molecule has 0 bridgehead atoms. The lowest BCUT2D eigenvalue weighted by Crippen LogP contribution is -2.25. The van der Waals surface area contributed by atoms with Gasteiger partial charge < -0.3 is 9.47 Å². The van der Waals surface area contributed by atoms with Crippen molar-refractivity contribution in [1.82, 2.24) is 0 Å². The Morgan fingerprint density at radius 2 is 0.978 bits per heavy atom. The maximum absolute atomic E-state index is 6.80. The van der Waals surface area contributed by atoms with Gasteiger partial charge in [-0.05, 0) is 91.9 Å². The van der Waals surface area contributed by atoms with E-state index in [9.17, 15) is 0 Å². The van der Waals surface area contributed by atoms with Crippen molar-refractivity contribution >= 4 is 47.9 Å². The lowest BCUT2D eigenvalue weighted by molar-refractivity contribution is 0.216. The third kappa shape index (κ3) is 6.55. The van der Waals surface area contributed by atoms with Gasteiger partial charge in [-0.25, -0.2) is 0 Å². The van der Waals surface area contributed by atoms with Crippen LogP contribution < -0.4 is 31.3 Å². The summed E-state index contributed by atoms with van der Waals surface area (Å²) in [7, 11) is -1.68. The van der Waals surface area contributed by atoms with Crippen LogP contribution in [0.5, 0.6) is 5.75 Å². The summed E-state index contributed by atoms with van der Waals surface area (Å²) in [5.74, 6) is 1.99. The quantitative estimate of drug-likeness (QED) is 0.176. The fraction of sp³-hybridized carbons (Fsp3) is 0.171. The minimum atomic E-state index is -0.872. The van der Waals surface area contributed by atoms with E-state index < -0.39 is 15.8 Å². The highest BCUT2D eigenvalue weighted by Crippen LogP contribution is 2.54. The van der Waals surface area contributed by atoms with Gasteiger partial charge >= 0.3 is 0 Å². The minimum absolute atomic E-state index is 0.707. The van der Waals surface area contributed by atoms with E-state index in [1.54, 1.807) is 0 Å². The van der Waals surface area contributed by atoms with Crippen molar-refractivity contribution in [3.63, 3.8) is 0 Å². The molecule has 2 nitrogen and oxygen atoms in total. The number of hydrogen-bond donors (Lipinski definition) is 0. The SMILES string of the molecule is C1=C2OCCCCCOc3cccc(P(c4ccccc4)c4ccccc4)c3C2=C(P(c2ccccc2)c2ccccc2)CC1. The molecule has 1 aliphatic carbocycles. The molecule has 0 atom stereocenters. The number of allylic oxidation sites excluding steroid dienone is 3. The zero-order valence-electron chi connectivity index (χ0n) is 25.5. The van der Waals surface area contributed by atoms with Gasteiger partial charge in [0.25, 0.3) is 0 Å². The second-order valence-electron chi connectivity index (χ2n) is 11.3. The van der Waals surface area contributed by atoms with Crippen LogP contribution in [0.4, 0.5) is 0 Å². The average Bonchev–Trinajstić information content (AvgIpc) is 3.14. The molecular weight excluding hydrogens is 586 g/mol. The smallest absolute Gasteiger partial charge is 0.127 e. The van der Waals surface area contributed by atoms with Crippen molar-refractivity contribution in [2.45, 2.75) is 32.1 Å². The van der Waals surface area contributed by atoms with Crippen molar-refractivity contribution in [3.8, 4) is 5.75 Å². The van der Waals surface area contributed by atoms with Crippen LogP contribution >= 0.6 is 15.8 Å². The predicted molar refractivity (Wildman–Crippen MR) is 194 cm³/mol. The Balaban J connectivity index is 1.55. The first-order valence-electron chi connectivity index (χ1n) is 16.0. The molecule has 1 aliphatic heterocycles. The molecule has 0 amide bonds. The zero-order valence-corrected chi connectivity index (χ0v) is 27.3. The van der Waals surface area contributed by atoms with E-state index in [1.807, 2.05) is 0 Å². The summed E-state index contributed by atoms with van der Waals surface area (Å²) in [5.41, 5.74) is 2.45. The van der Waals surface area contributed by atoms with Crippen LogP contribution in [0.3, 0.4) is 0 Å². The van der Waals surface area contributed by atoms with Crippen molar-refractivity contribution in [3.05, 3.63) is 162 Å². The second kappa shape index (κ2) is 14.4. The molecular formula is C41H38O2P2. The third-order valence-corrected chi connectivity index (χ3v) is 13.5. The lowest BCUT2D eigenvalue weighted by atomic mass is 9.96. The molecule has 7 rings (SSSR count). The molecule has 0 saturated heterocycles. The van der Waals surface area contributed by atoms with Crippen LogP contribution in [0.15, 0.2) is 157 Å². The van der Waals surface area contributed by atoms with Gasteiger partial charge in [0.2, 0.25) is 0 Å². The first-order chi connectivity index (χ1) is 22.4. The molecule has 0 unspecified atom stereocenters. The highest BCUT2D eigenvalue weighted by Gasteiger charge is 2.33. The van der Waals surface area contributed by atoms with Crippen molar-refractivity contribution < 1.29 is 9.47 Å². The topological polar surface area (TPSA) is 18.5 Å². The van der Waals surface area contributed by atoms with Gasteiger partial charge in [0.15, 0.2) is 0 Å². The number of fused-ring (bicyclic) bond motifs is 3. The Bertz CT molecular complexity index is 1690. The van der Waals surface area contributed by atoms with Crippen LogP contribution in [0, 0.1) is 0 Å². The van der Waals surface area contributed by atoms with Gasteiger partial charge in [-0.1, -0.05) is 133 Å². The Labute approximate surface area is 270 Å². The zero-order chi connectivity index (χ0) is 30.3. The fourth-order valence-electron chi connectivity index (χ4n) is 6.35. The molecule has 5 aromatic rings. The molecule has 0 N–H and O–H groups in total. The molecule has 0 saturated carbocycles. The normalized spacial score (nSPS) is 15.3. The first-order valence-corrected chi connectivity index (χ1v) is 18.7. The molecule has 224 valence electrons. The molecule has 0 aromatic heterocycles. The van der Waals surface area contributed by atoms with Gasteiger partial charge in [0.05, 0.1) is 13.2 Å². The summed E-state index contributed by atoms with van der Waals surface area (Å²) in [6.45, 7) is 1.43. The van der Waals surface area contributed by atoms with Gasteiger partial charge in [0, 0.05) is 11.1 Å². The Morgan fingerprint density at radius 3 is 1.53 bits per heavy atom. The van der Waals surface area contributed by atoms with E-state index in [-0.39, 0.29) is 0 Å². The van der Waals surface area contributed by atoms with Gasteiger partial charge in [-0.3, -0.25) is 0 Å². The summed E-state index contributed by atoms with van der Waals surface area (Å²) in [5, 5.41) is 8.18. The summed E-state index contributed by atoms with van der Waals surface area (Å²) < 4.78 is 13.6. The van der Waals surface area contributed by atoms with E-state index >= 15 is 0 Å². The average molecular weight is 625 g/mol. The molecule has 0 spiro atoms. The number of rotatable bonds is 6. The van der Waals surface area contributed by atoms with Crippen molar-refractivity contribution in [2.75, 3.05) is 13.2 Å². The van der Waals surface area contributed by atoms with E-state index in [0.717, 1.165) is 50.2 Å². The molecule has 5 aromatic carbocycles. The Morgan fingerprint density at radius 1 is 0.467 bits per heavy atom. The van der Waals surface area contributed by atoms with Crippen LogP contribution in [-0.2, 0) is 4.74 Å². The lowest BCUT2D eigenvalue weighted by Gasteiger charge is -2.32. The van der Waals surface area contributed by atoms with Crippen molar-refractivity contribution in [2.24, 2.45) is 0 Å².